The molecule has 2 aromatic rings. The fourth-order valence-electron chi connectivity index (χ4n) is 2.13. The predicted octanol–water partition coefficient (Wildman–Crippen LogP) is 4.11. The number of esters is 1. The van der Waals surface area contributed by atoms with E-state index in [0.717, 1.165) is 10.9 Å². The molecule has 1 aromatic heterocycles. The summed E-state index contributed by atoms with van der Waals surface area (Å²) in [6.45, 7) is 9.24. The van der Waals surface area contributed by atoms with Gasteiger partial charge in [-0.25, -0.2) is 0 Å². The van der Waals surface area contributed by atoms with Gasteiger partial charge in [0.2, 0.25) is 0 Å². The largest absolute Gasteiger partial charge is 0.464 e. The normalized spacial score (nSPS) is 11.5. The number of hydrogen-bond donors (Lipinski definition) is 0. The average molecular weight is 324 g/mol. The number of pyridine rings is 1. The molecule has 0 amide bonds. The number of hydrogen-bond acceptors (Lipinski definition) is 3. The molecule has 0 aliphatic heterocycles. The van der Waals surface area contributed by atoms with Crippen LogP contribution in [-0.4, -0.2) is 17.1 Å². The molecule has 0 N–H and O–H groups in total. The van der Waals surface area contributed by atoms with Crippen molar-refractivity contribution in [2.45, 2.75) is 40.7 Å². The summed E-state index contributed by atoms with van der Waals surface area (Å²) in [5.41, 5.74) is 0.781. The first-order valence-electron chi connectivity index (χ1n) is 7.35. The van der Waals surface area contributed by atoms with Gasteiger partial charge in [0.05, 0.1) is 6.04 Å². The Morgan fingerprint density at radius 2 is 1.91 bits per heavy atom. The minimum atomic E-state index is -0.353. The maximum Gasteiger partial charge on any atom is 0.302 e. The lowest BCUT2D eigenvalue weighted by Gasteiger charge is -2.16. The molecule has 0 aliphatic carbocycles. The van der Waals surface area contributed by atoms with Crippen molar-refractivity contribution in [1.82, 2.24) is 4.57 Å². The van der Waals surface area contributed by atoms with Gasteiger partial charge in [-0.05, 0) is 43.0 Å². The zero-order valence-electron chi connectivity index (χ0n) is 13.6. The van der Waals surface area contributed by atoms with Crippen molar-refractivity contribution >= 4 is 28.3 Å². The van der Waals surface area contributed by atoms with E-state index < -0.39 is 0 Å². The van der Waals surface area contributed by atoms with E-state index in [0.29, 0.717) is 10.4 Å². The minimum absolute atomic E-state index is 0.109. The van der Waals surface area contributed by atoms with E-state index in [1.165, 1.54) is 6.92 Å². The fraction of sp³-hybridized carbons (Fsp3) is 0.412. The van der Waals surface area contributed by atoms with Crippen molar-refractivity contribution in [3.05, 3.63) is 45.3 Å². The predicted molar refractivity (Wildman–Crippen MR) is 90.6 cm³/mol. The van der Waals surface area contributed by atoms with Crippen LogP contribution >= 0.6 is 11.6 Å². The topological polar surface area (TPSA) is 48.3 Å². The highest BCUT2D eigenvalue weighted by molar-refractivity contribution is 6.32. The average Bonchev–Trinajstić information content (AvgIpc) is 2.51. The van der Waals surface area contributed by atoms with E-state index in [1.807, 2.05) is 33.8 Å². The van der Waals surface area contributed by atoms with Crippen molar-refractivity contribution in [1.29, 1.82) is 0 Å². The molecule has 0 unspecified atom stereocenters. The van der Waals surface area contributed by atoms with E-state index in [9.17, 15) is 9.59 Å². The molecule has 0 saturated carbocycles. The summed E-state index contributed by atoms with van der Waals surface area (Å²) in [4.78, 5) is 23.3. The van der Waals surface area contributed by atoms with Gasteiger partial charge >= 0.3 is 5.97 Å². The molecule has 0 aliphatic rings. The molecule has 0 radical (unpaired) electrons. The monoisotopic (exact) mass is 323 g/mol. The van der Waals surface area contributed by atoms with E-state index in [-0.39, 0.29) is 24.2 Å². The lowest BCUT2D eigenvalue weighted by Crippen LogP contribution is -2.26. The first-order valence-corrected chi connectivity index (χ1v) is 7.73. The van der Waals surface area contributed by atoms with Gasteiger partial charge in [-0.3, -0.25) is 9.59 Å². The van der Waals surface area contributed by atoms with E-state index in [2.05, 4.69) is 0 Å². The standard InChI is InChI=1S/C15H16ClNO3.C2H6/c1-9(8-20-11(3)18)17-7-6-12-10(2)14(16)5-4-13(12)15(17)19;1-2/h4-7,9H,8H2,1-3H3;1-2H3/t9-;/m1./s1. The third-order valence-electron chi connectivity index (χ3n) is 3.32. The Balaban J connectivity index is 0.00000116. The van der Waals surface area contributed by atoms with Gasteiger partial charge in [0.15, 0.2) is 0 Å². The van der Waals surface area contributed by atoms with Gasteiger partial charge in [0, 0.05) is 23.5 Å². The Morgan fingerprint density at radius 3 is 2.50 bits per heavy atom. The first kappa shape index (κ1) is 18.2. The molecular weight excluding hydrogens is 302 g/mol. The number of carbonyl (C=O) groups excluding carboxylic acids is 1. The van der Waals surface area contributed by atoms with Crippen LogP contribution in [0, 0.1) is 6.92 Å². The number of nitrogens with zero attached hydrogens (tertiary/aromatic N) is 1. The minimum Gasteiger partial charge on any atom is -0.464 e. The second-order valence-corrected chi connectivity index (χ2v) is 5.22. The number of ether oxygens (including phenoxy) is 1. The molecule has 120 valence electrons. The van der Waals surface area contributed by atoms with Gasteiger partial charge in [-0.1, -0.05) is 25.4 Å². The molecule has 22 heavy (non-hydrogen) atoms. The molecule has 1 atom stereocenters. The molecular formula is C17H22ClNO3. The summed E-state index contributed by atoms with van der Waals surface area (Å²) in [7, 11) is 0. The van der Waals surface area contributed by atoms with Crippen molar-refractivity contribution < 1.29 is 9.53 Å². The van der Waals surface area contributed by atoms with Crippen LogP contribution < -0.4 is 5.56 Å². The Kier molecular flexibility index (Phi) is 6.62. The van der Waals surface area contributed by atoms with Crippen molar-refractivity contribution in [2.24, 2.45) is 0 Å². The quantitative estimate of drug-likeness (QED) is 0.798. The fourth-order valence-corrected chi connectivity index (χ4v) is 2.29. The van der Waals surface area contributed by atoms with Gasteiger partial charge < -0.3 is 9.30 Å². The molecule has 0 spiro atoms. The molecule has 0 saturated heterocycles. The van der Waals surface area contributed by atoms with Gasteiger partial charge in [-0.2, -0.15) is 0 Å². The second kappa shape index (κ2) is 7.99. The van der Waals surface area contributed by atoms with Crippen LogP contribution in [0.4, 0.5) is 0 Å². The number of rotatable bonds is 3. The van der Waals surface area contributed by atoms with Crippen LogP contribution in [-0.2, 0) is 9.53 Å². The highest BCUT2D eigenvalue weighted by atomic mass is 35.5. The summed E-state index contributed by atoms with van der Waals surface area (Å²) < 4.78 is 6.52. The van der Waals surface area contributed by atoms with Crippen molar-refractivity contribution in [3.8, 4) is 0 Å². The summed E-state index contributed by atoms with van der Waals surface area (Å²) in [5.74, 6) is -0.353. The van der Waals surface area contributed by atoms with E-state index >= 15 is 0 Å². The summed E-state index contributed by atoms with van der Waals surface area (Å²) >= 11 is 6.06. The first-order chi connectivity index (χ1) is 10.4. The van der Waals surface area contributed by atoms with Crippen molar-refractivity contribution in [2.75, 3.05) is 6.61 Å². The number of aromatic nitrogens is 1. The van der Waals surface area contributed by atoms with Crippen LogP contribution in [0.25, 0.3) is 10.8 Å². The van der Waals surface area contributed by atoms with Gasteiger partial charge in [0.1, 0.15) is 6.61 Å². The third kappa shape index (κ3) is 3.89. The van der Waals surface area contributed by atoms with Crippen molar-refractivity contribution in [3.63, 3.8) is 0 Å². The summed E-state index contributed by atoms with van der Waals surface area (Å²) in [6.07, 6.45) is 1.71. The Bertz CT molecular complexity index is 722. The smallest absolute Gasteiger partial charge is 0.302 e. The van der Waals surface area contributed by atoms with E-state index in [4.69, 9.17) is 16.3 Å². The lowest BCUT2D eigenvalue weighted by atomic mass is 10.1. The zero-order valence-corrected chi connectivity index (χ0v) is 14.4. The number of fused-ring (bicyclic) bond motifs is 1. The maximum absolute atomic E-state index is 12.5. The second-order valence-electron chi connectivity index (χ2n) is 4.81. The Hall–Kier alpha value is -1.81. The number of carbonyl (C=O) groups is 1. The molecule has 1 aromatic carbocycles. The summed E-state index contributed by atoms with van der Waals surface area (Å²) in [5, 5.41) is 2.10. The number of aryl methyl sites for hydroxylation is 1. The van der Waals surface area contributed by atoms with Crippen LogP contribution in [0.15, 0.2) is 29.2 Å². The van der Waals surface area contributed by atoms with Gasteiger partial charge in [-0.15, -0.1) is 0 Å². The van der Waals surface area contributed by atoms with Crippen LogP contribution in [0.5, 0.6) is 0 Å². The Labute approximate surface area is 135 Å². The highest BCUT2D eigenvalue weighted by Crippen LogP contribution is 2.23. The van der Waals surface area contributed by atoms with Crippen LogP contribution in [0.3, 0.4) is 0 Å². The summed E-state index contributed by atoms with van der Waals surface area (Å²) in [6, 6.07) is 5.10. The Morgan fingerprint density at radius 1 is 1.27 bits per heavy atom. The lowest BCUT2D eigenvalue weighted by molar-refractivity contribution is -0.141. The molecule has 0 bridgehead atoms. The molecule has 0 fully saturated rings. The SMILES string of the molecule is CC.CC(=O)OC[C@@H](C)n1ccc2c(C)c(Cl)ccc2c1=O. The molecule has 2 rings (SSSR count). The molecule has 1 heterocycles. The van der Waals surface area contributed by atoms with Crippen LogP contribution in [0.1, 0.15) is 39.3 Å². The molecule has 4 nitrogen and oxygen atoms in total. The third-order valence-corrected chi connectivity index (χ3v) is 3.73. The maximum atomic E-state index is 12.5. The van der Waals surface area contributed by atoms with Crippen LogP contribution in [0.2, 0.25) is 5.02 Å². The molecule has 5 heteroatoms. The van der Waals surface area contributed by atoms with Gasteiger partial charge in [0.25, 0.3) is 5.56 Å². The van der Waals surface area contributed by atoms with E-state index in [1.54, 1.807) is 22.9 Å². The zero-order chi connectivity index (χ0) is 16.9. The highest BCUT2D eigenvalue weighted by Gasteiger charge is 2.12. The number of halogens is 1. The number of benzene rings is 1.